The third-order valence-electron chi connectivity index (χ3n) is 3.00. The average molecular weight is 203 g/mol. The van der Waals surface area contributed by atoms with E-state index in [2.05, 4.69) is 44.8 Å². The lowest BCUT2D eigenvalue weighted by Gasteiger charge is -2.33. The fourth-order valence-corrected chi connectivity index (χ4v) is 2.33. The van der Waals surface area contributed by atoms with Crippen LogP contribution in [0.3, 0.4) is 0 Å². The lowest BCUT2D eigenvalue weighted by atomic mass is 9.77. The van der Waals surface area contributed by atoms with Gasteiger partial charge in [0.2, 0.25) is 0 Å². The molecule has 0 radical (unpaired) electrons. The standard InChI is InChI=1S/C11H25NS/c1-6-13-8-7-11(4,9-12-5)10(2)3/h10,12H,6-9H2,1-5H3. The summed E-state index contributed by atoms with van der Waals surface area (Å²) in [6.45, 7) is 10.4. The zero-order valence-corrected chi connectivity index (χ0v) is 10.6. The molecule has 0 saturated carbocycles. The summed E-state index contributed by atoms with van der Waals surface area (Å²) in [4.78, 5) is 0. The maximum Gasteiger partial charge on any atom is 0.000490 e. The van der Waals surface area contributed by atoms with Crippen LogP contribution in [0.4, 0.5) is 0 Å². The van der Waals surface area contributed by atoms with Crippen molar-refractivity contribution >= 4 is 11.8 Å². The number of nitrogens with one attached hydrogen (secondary N) is 1. The summed E-state index contributed by atoms with van der Waals surface area (Å²) < 4.78 is 0. The highest BCUT2D eigenvalue weighted by Crippen LogP contribution is 2.31. The Labute approximate surface area is 88.1 Å². The molecule has 1 N–H and O–H groups in total. The normalized spacial score (nSPS) is 16.2. The third kappa shape index (κ3) is 4.92. The van der Waals surface area contributed by atoms with Gasteiger partial charge in [0.25, 0.3) is 0 Å². The molecular formula is C11H25NS. The van der Waals surface area contributed by atoms with Crippen LogP contribution in [0.2, 0.25) is 0 Å². The summed E-state index contributed by atoms with van der Waals surface area (Å²) >= 11 is 2.05. The fourth-order valence-electron chi connectivity index (χ4n) is 1.43. The van der Waals surface area contributed by atoms with Crippen molar-refractivity contribution in [3.63, 3.8) is 0 Å². The van der Waals surface area contributed by atoms with Gasteiger partial charge in [-0.1, -0.05) is 27.7 Å². The van der Waals surface area contributed by atoms with E-state index in [1.54, 1.807) is 0 Å². The third-order valence-corrected chi connectivity index (χ3v) is 3.90. The molecule has 0 aromatic heterocycles. The smallest absolute Gasteiger partial charge is 0.000490 e. The molecule has 0 fully saturated rings. The largest absolute Gasteiger partial charge is 0.319 e. The highest BCUT2D eigenvalue weighted by atomic mass is 32.2. The zero-order chi connectivity index (χ0) is 10.3. The summed E-state index contributed by atoms with van der Waals surface area (Å²) in [5.74, 6) is 3.30. The fraction of sp³-hybridized carbons (Fsp3) is 1.00. The summed E-state index contributed by atoms with van der Waals surface area (Å²) in [5.41, 5.74) is 0.469. The van der Waals surface area contributed by atoms with Crippen molar-refractivity contribution in [1.29, 1.82) is 0 Å². The van der Waals surface area contributed by atoms with Crippen molar-refractivity contribution in [3.05, 3.63) is 0 Å². The van der Waals surface area contributed by atoms with Crippen LogP contribution in [0.1, 0.15) is 34.1 Å². The Kier molecular flexibility index (Phi) is 6.88. The summed E-state index contributed by atoms with van der Waals surface area (Å²) in [6, 6.07) is 0. The van der Waals surface area contributed by atoms with E-state index in [9.17, 15) is 0 Å². The zero-order valence-electron chi connectivity index (χ0n) is 9.81. The molecule has 0 spiro atoms. The maximum atomic E-state index is 3.31. The Morgan fingerprint density at radius 2 is 2.00 bits per heavy atom. The van der Waals surface area contributed by atoms with Crippen LogP contribution in [0.15, 0.2) is 0 Å². The van der Waals surface area contributed by atoms with Crippen molar-refractivity contribution in [2.45, 2.75) is 34.1 Å². The van der Waals surface area contributed by atoms with Gasteiger partial charge in [-0.2, -0.15) is 11.8 Å². The summed E-state index contributed by atoms with van der Waals surface area (Å²) in [7, 11) is 2.05. The molecule has 0 aromatic carbocycles. The van der Waals surface area contributed by atoms with Crippen LogP contribution in [-0.2, 0) is 0 Å². The van der Waals surface area contributed by atoms with Gasteiger partial charge in [0.1, 0.15) is 0 Å². The second kappa shape index (κ2) is 6.72. The van der Waals surface area contributed by atoms with Crippen LogP contribution in [0.5, 0.6) is 0 Å². The Morgan fingerprint density at radius 3 is 2.38 bits per heavy atom. The molecule has 0 heterocycles. The molecule has 0 rings (SSSR count). The Morgan fingerprint density at radius 1 is 1.38 bits per heavy atom. The van der Waals surface area contributed by atoms with E-state index in [4.69, 9.17) is 0 Å². The second-order valence-corrected chi connectivity index (χ2v) is 5.68. The van der Waals surface area contributed by atoms with Crippen LogP contribution in [0, 0.1) is 11.3 Å². The first kappa shape index (κ1) is 13.3. The van der Waals surface area contributed by atoms with Crippen molar-refractivity contribution in [1.82, 2.24) is 5.32 Å². The molecule has 13 heavy (non-hydrogen) atoms. The number of rotatable bonds is 7. The lowest BCUT2D eigenvalue weighted by Crippen LogP contribution is -2.35. The topological polar surface area (TPSA) is 12.0 Å². The molecule has 0 saturated heterocycles. The maximum absolute atomic E-state index is 3.31. The number of hydrogen-bond donors (Lipinski definition) is 1. The molecule has 0 aromatic rings. The first-order chi connectivity index (χ1) is 6.06. The van der Waals surface area contributed by atoms with E-state index in [-0.39, 0.29) is 0 Å². The molecule has 80 valence electrons. The summed E-state index contributed by atoms with van der Waals surface area (Å²) in [5, 5.41) is 3.31. The van der Waals surface area contributed by atoms with Gasteiger partial charge in [0.05, 0.1) is 0 Å². The molecule has 0 amide bonds. The van der Waals surface area contributed by atoms with Crippen LogP contribution in [-0.4, -0.2) is 25.1 Å². The molecule has 1 atom stereocenters. The van der Waals surface area contributed by atoms with E-state index in [1.807, 2.05) is 7.05 Å². The lowest BCUT2D eigenvalue weighted by molar-refractivity contribution is 0.207. The Balaban J connectivity index is 3.92. The van der Waals surface area contributed by atoms with Gasteiger partial charge in [-0.25, -0.2) is 0 Å². The van der Waals surface area contributed by atoms with Gasteiger partial charge in [-0.3, -0.25) is 0 Å². The van der Waals surface area contributed by atoms with Gasteiger partial charge in [0, 0.05) is 6.54 Å². The minimum atomic E-state index is 0.469. The average Bonchev–Trinajstić information content (AvgIpc) is 2.05. The van der Waals surface area contributed by atoms with E-state index < -0.39 is 0 Å². The van der Waals surface area contributed by atoms with Gasteiger partial charge >= 0.3 is 0 Å². The van der Waals surface area contributed by atoms with E-state index in [1.165, 1.54) is 17.9 Å². The highest BCUT2D eigenvalue weighted by Gasteiger charge is 2.26. The molecule has 0 aliphatic carbocycles. The van der Waals surface area contributed by atoms with E-state index in [0.717, 1.165) is 12.5 Å². The van der Waals surface area contributed by atoms with Crippen molar-refractivity contribution < 1.29 is 0 Å². The minimum absolute atomic E-state index is 0.469. The molecule has 0 aliphatic rings. The molecule has 2 heteroatoms. The Hall–Kier alpha value is 0.310. The Bertz CT molecular complexity index is 125. The van der Waals surface area contributed by atoms with Gasteiger partial charge in [0.15, 0.2) is 0 Å². The molecule has 0 bridgehead atoms. The predicted octanol–water partition coefficient (Wildman–Crippen LogP) is 3.01. The molecule has 1 unspecified atom stereocenters. The first-order valence-corrected chi connectivity index (χ1v) is 6.44. The van der Waals surface area contributed by atoms with Crippen LogP contribution < -0.4 is 5.32 Å². The molecule has 1 nitrogen and oxygen atoms in total. The highest BCUT2D eigenvalue weighted by molar-refractivity contribution is 7.99. The minimum Gasteiger partial charge on any atom is -0.319 e. The monoisotopic (exact) mass is 203 g/mol. The number of hydrogen-bond acceptors (Lipinski definition) is 2. The van der Waals surface area contributed by atoms with Crippen LogP contribution in [0.25, 0.3) is 0 Å². The van der Waals surface area contributed by atoms with Crippen molar-refractivity contribution in [2.24, 2.45) is 11.3 Å². The van der Waals surface area contributed by atoms with Gasteiger partial charge in [-0.05, 0) is 36.3 Å². The molecular weight excluding hydrogens is 178 g/mol. The SMILES string of the molecule is CCSCCC(C)(CNC)C(C)C. The second-order valence-electron chi connectivity index (χ2n) is 4.29. The van der Waals surface area contributed by atoms with E-state index in [0.29, 0.717) is 5.41 Å². The first-order valence-electron chi connectivity index (χ1n) is 5.29. The van der Waals surface area contributed by atoms with Gasteiger partial charge in [-0.15, -0.1) is 0 Å². The predicted molar refractivity (Wildman–Crippen MR) is 64.5 cm³/mol. The quantitative estimate of drug-likeness (QED) is 0.638. The van der Waals surface area contributed by atoms with Crippen LogP contribution >= 0.6 is 11.8 Å². The van der Waals surface area contributed by atoms with E-state index >= 15 is 0 Å². The summed E-state index contributed by atoms with van der Waals surface area (Å²) in [6.07, 6.45) is 1.32. The number of thioether (sulfide) groups is 1. The molecule has 0 aliphatic heterocycles. The van der Waals surface area contributed by atoms with Gasteiger partial charge < -0.3 is 5.32 Å². The van der Waals surface area contributed by atoms with Crippen molar-refractivity contribution in [2.75, 3.05) is 25.1 Å². The van der Waals surface area contributed by atoms with Crippen molar-refractivity contribution in [3.8, 4) is 0 Å².